The fourth-order valence-corrected chi connectivity index (χ4v) is 3.18. The van der Waals surface area contributed by atoms with Crippen molar-refractivity contribution in [2.45, 2.75) is 25.8 Å². The minimum absolute atomic E-state index is 0.0331. The number of methoxy groups -OCH3 is 1. The number of carbonyl (C=O) groups excluding carboxylic acids is 1. The van der Waals surface area contributed by atoms with Gasteiger partial charge in [0.05, 0.1) is 19.8 Å². The van der Waals surface area contributed by atoms with E-state index < -0.39 is 6.67 Å². The van der Waals surface area contributed by atoms with Crippen molar-refractivity contribution in [2.24, 2.45) is 5.92 Å². The molecule has 1 aliphatic rings. The van der Waals surface area contributed by atoms with Crippen LogP contribution in [0.25, 0.3) is 10.8 Å². The molecule has 1 aliphatic heterocycles. The minimum atomic E-state index is -0.431. The van der Waals surface area contributed by atoms with Crippen molar-refractivity contribution in [3.8, 4) is 11.6 Å². The first kappa shape index (κ1) is 16.5. The molecule has 0 radical (unpaired) electrons. The molecule has 2 heterocycles. The highest BCUT2D eigenvalue weighted by Crippen LogP contribution is 2.31. The average Bonchev–Trinajstić information content (AvgIpc) is 2.92. The van der Waals surface area contributed by atoms with Gasteiger partial charge in [-0.1, -0.05) is 0 Å². The number of rotatable bonds is 6. The molecule has 1 saturated heterocycles. The molecule has 0 saturated carbocycles. The van der Waals surface area contributed by atoms with Gasteiger partial charge in [0.1, 0.15) is 12.4 Å². The van der Waals surface area contributed by atoms with Gasteiger partial charge < -0.3 is 14.8 Å². The molecule has 0 spiro atoms. The third-order valence-electron chi connectivity index (χ3n) is 4.49. The number of pyridine rings is 1. The number of nitrogens with one attached hydrogen (secondary N) is 1. The van der Waals surface area contributed by atoms with Crippen LogP contribution in [0.15, 0.2) is 24.4 Å². The number of carbonyl (C=O) groups is 1. The zero-order valence-corrected chi connectivity index (χ0v) is 13.8. The predicted molar refractivity (Wildman–Crippen MR) is 89.2 cm³/mol. The fourth-order valence-electron chi connectivity index (χ4n) is 3.18. The van der Waals surface area contributed by atoms with Crippen molar-refractivity contribution in [2.75, 3.05) is 20.4 Å². The molecular weight excluding hydrogens is 311 g/mol. The highest BCUT2D eigenvalue weighted by atomic mass is 19.1. The van der Waals surface area contributed by atoms with E-state index in [9.17, 15) is 9.18 Å². The van der Waals surface area contributed by atoms with E-state index in [0.29, 0.717) is 18.7 Å². The van der Waals surface area contributed by atoms with E-state index in [1.807, 2.05) is 25.1 Å². The summed E-state index contributed by atoms with van der Waals surface area (Å²) in [5.74, 6) is 1.18. The van der Waals surface area contributed by atoms with Crippen LogP contribution < -0.4 is 14.8 Å². The molecule has 3 rings (SSSR count). The van der Waals surface area contributed by atoms with Crippen LogP contribution in [0.5, 0.6) is 11.6 Å². The Labute approximate surface area is 140 Å². The van der Waals surface area contributed by atoms with E-state index in [0.717, 1.165) is 22.1 Å². The Hall–Kier alpha value is -2.37. The maximum Gasteiger partial charge on any atom is 0.221 e. The molecule has 6 heteroatoms. The standard InChI is InChI=1S/C18H21FN2O3/c1-11-7-12-4-6-20-18(14(12)9-16(11)23-2)24-10-15-13(3-5-19)8-17(22)21-15/h4,6-7,9,13,15H,3,5,8,10H2,1-2H3,(H,21,22)/t13-,15-/m1/s1. The average molecular weight is 332 g/mol. The number of aromatic nitrogens is 1. The first-order valence-electron chi connectivity index (χ1n) is 8.04. The van der Waals surface area contributed by atoms with Gasteiger partial charge in [-0.2, -0.15) is 0 Å². The lowest BCUT2D eigenvalue weighted by molar-refractivity contribution is -0.119. The van der Waals surface area contributed by atoms with Crippen LogP contribution in [0, 0.1) is 12.8 Å². The largest absolute Gasteiger partial charge is 0.496 e. The Balaban J connectivity index is 1.81. The van der Waals surface area contributed by atoms with Gasteiger partial charge in [0.25, 0.3) is 0 Å². The van der Waals surface area contributed by atoms with Gasteiger partial charge in [-0.15, -0.1) is 0 Å². The summed E-state index contributed by atoms with van der Waals surface area (Å²) in [6.45, 7) is 1.83. The zero-order valence-electron chi connectivity index (χ0n) is 13.8. The molecule has 1 aromatic heterocycles. The number of hydrogen-bond acceptors (Lipinski definition) is 4. The summed E-state index contributed by atoms with van der Waals surface area (Å²) < 4.78 is 23.9. The SMILES string of the molecule is COc1cc2c(OC[C@H]3NC(=O)C[C@H]3CCF)nccc2cc1C. The van der Waals surface area contributed by atoms with Crippen LogP contribution in [0.3, 0.4) is 0 Å². The Morgan fingerprint density at radius 1 is 1.42 bits per heavy atom. The summed E-state index contributed by atoms with van der Waals surface area (Å²) in [6, 6.07) is 5.65. The van der Waals surface area contributed by atoms with Crippen molar-refractivity contribution in [3.63, 3.8) is 0 Å². The molecule has 24 heavy (non-hydrogen) atoms. The predicted octanol–water partition coefficient (Wildman–Crippen LogP) is 2.79. The third-order valence-corrected chi connectivity index (χ3v) is 4.49. The summed E-state index contributed by atoms with van der Waals surface area (Å²) in [7, 11) is 1.63. The quantitative estimate of drug-likeness (QED) is 0.884. The Bertz CT molecular complexity index is 750. The van der Waals surface area contributed by atoms with Crippen molar-refractivity contribution < 1.29 is 18.7 Å². The molecule has 1 aromatic carbocycles. The van der Waals surface area contributed by atoms with Gasteiger partial charge in [0.2, 0.25) is 11.8 Å². The van der Waals surface area contributed by atoms with Gasteiger partial charge in [-0.3, -0.25) is 9.18 Å². The van der Waals surface area contributed by atoms with Crippen LogP contribution in [0.4, 0.5) is 4.39 Å². The lowest BCUT2D eigenvalue weighted by atomic mass is 9.98. The number of aryl methyl sites for hydroxylation is 1. The number of alkyl halides is 1. The van der Waals surface area contributed by atoms with Crippen molar-refractivity contribution in [3.05, 3.63) is 30.0 Å². The third kappa shape index (κ3) is 3.27. The maximum absolute atomic E-state index is 12.6. The first-order chi connectivity index (χ1) is 11.6. The van der Waals surface area contributed by atoms with Crippen molar-refractivity contribution >= 4 is 16.7 Å². The molecule has 5 nitrogen and oxygen atoms in total. The molecule has 0 bridgehead atoms. The lowest BCUT2D eigenvalue weighted by Gasteiger charge is -2.18. The number of benzene rings is 1. The van der Waals surface area contributed by atoms with Gasteiger partial charge in [0, 0.05) is 18.0 Å². The molecule has 128 valence electrons. The molecule has 2 aromatic rings. The molecule has 2 atom stereocenters. The zero-order chi connectivity index (χ0) is 17.1. The number of nitrogens with zero attached hydrogens (tertiary/aromatic N) is 1. The second kappa shape index (κ2) is 7.03. The van der Waals surface area contributed by atoms with E-state index in [4.69, 9.17) is 9.47 Å². The normalized spacial score (nSPS) is 20.2. The smallest absolute Gasteiger partial charge is 0.221 e. The summed E-state index contributed by atoms with van der Waals surface area (Å²) in [6.07, 6.45) is 2.41. The minimum Gasteiger partial charge on any atom is -0.496 e. The number of halogens is 1. The topological polar surface area (TPSA) is 60.5 Å². The summed E-state index contributed by atoms with van der Waals surface area (Å²) >= 11 is 0. The van der Waals surface area contributed by atoms with Gasteiger partial charge >= 0.3 is 0 Å². The molecule has 1 fully saturated rings. The molecule has 1 amide bonds. The Kier molecular flexibility index (Phi) is 4.83. The molecular formula is C18H21FN2O3. The van der Waals surface area contributed by atoms with Crippen LogP contribution in [-0.2, 0) is 4.79 Å². The number of hydrogen-bond donors (Lipinski definition) is 1. The van der Waals surface area contributed by atoms with E-state index in [2.05, 4.69) is 10.3 Å². The molecule has 1 N–H and O–H groups in total. The number of fused-ring (bicyclic) bond motifs is 1. The fraction of sp³-hybridized carbons (Fsp3) is 0.444. The monoisotopic (exact) mass is 332 g/mol. The van der Waals surface area contributed by atoms with Crippen LogP contribution in [0.2, 0.25) is 0 Å². The highest BCUT2D eigenvalue weighted by Gasteiger charge is 2.32. The Morgan fingerprint density at radius 2 is 2.25 bits per heavy atom. The van der Waals surface area contributed by atoms with Crippen molar-refractivity contribution in [1.82, 2.24) is 10.3 Å². The maximum atomic E-state index is 12.6. The van der Waals surface area contributed by atoms with Crippen LogP contribution >= 0.6 is 0 Å². The number of amides is 1. The molecule has 0 unspecified atom stereocenters. The van der Waals surface area contributed by atoms with E-state index in [1.54, 1.807) is 13.3 Å². The van der Waals surface area contributed by atoms with Crippen LogP contribution in [-0.4, -0.2) is 37.3 Å². The second-order valence-corrected chi connectivity index (χ2v) is 6.09. The lowest BCUT2D eigenvalue weighted by Crippen LogP contribution is -2.35. The highest BCUT2D eigenvalue weighted by molar-refractivity contribution is 5.89. The van der Waals surface area contributed by atoms with Gasteiger partial charge in [-0.25, -0.2) is 4.98 Å². The van der Waals surface area contributed by atoms with Crippen LogP contribution in [0.1, 0.15) is 18.4 Å². The number of ether oxygens (including phenoxy) is 2. The second-order valence-electron chi connectivity index (χ2n) is 6.09. The molecule has 0 aliphatic carbocycles. The summed E-state index contributed by atoms with van der Waals surface area (Å²) in [5, 5.41) is 4.72. The van der Waals surface area contributed by atoms with Gasteiger partial charge in [0.15, 0.2) is 0 Å². The van der Waals surface area contributed by atoms with E-state index in [1.165, 1.54) is 0 Å². The van der Waals surface area contributed by atoms with E-state index >= 15 is 0 Å². The Morgan fingerprint density at radius 3 is 3.00 bits per heavy atom. The van der Waals surface area contributed by atoms with Crippen molar-refractivity contribution in [1.29, 1.82) is 0 Å². The first-order valence-corrected chi connectivity index (χ1v) is 8.04. The van der Waals surface area contributed by atoms with E-state index in [-0.39, 0.29) is 24.5 Å². The summed E-state index contributed by atoms with van der Waals surface area (Å²) in [4.78, 5) is 15.9. The van der Waals surface area contributed by atoms with Gasteiger partial charge in [-0.05, 0) is 48.4 Å². The summed E-state index contributed by atoms with van der Waals surface area (Å²) in [5.41, 5.74) is 1.04.